The van der Waals surface area contributed by atoms with Gasteiger partial charge in [0, 0.05) is 30.0 Å². The molecule has 2 N–H and O–H groups in total. The normalized spacial score (nSPS) is 31.6. The molecule has 0 amide bonds. The van der Waals surface area contributed by atoms with Crippen LogP contribution in [0.3, 0.4) is 0 Å². The zero-order chi connectivity index (χ0) is 23.7. The monoisotopic (exact) mass is 471 g/mol. The quantitative estimate of drug-likeness (QED) is 0.574. The third-order valence-electron chi connectivity index (χ3n) is 8.38. The highest BCUT2D eigenvalue weighted by Crippen LogP contribution is 2.52. The second-order valence-electron chi connectivity index (χ2n) is 10.6. The van der Waals surface area contributed by atoms with Gasteiger partial charge in [0.05, 0.1) is 24.6 Å². The number of anilines is 1. The van der Waals surface area contributed by atoms with Crippen molar-refractivity contribution in [1.82, 2.24) is 19.9 Å². The first-order valence-corrected chi connectivity index (χ1v) is 11.7. The number of halogens is 3. The predicted octanol–water partition coefficient (Wildman–Crippen LogP) is 4.80. The highest BCUT2D eigenvalue weighted by molar-refractivity contribution is 5.88. The van der Waals surface area contributed by atoms with Crippen LogP contribution in [0.1, 0.15) is 43.1 Å². The van der Waals surface area contributed by atoms with Crippen LogP contribution in [0.4, 0.5) is 19.0 Å². The molecule has 4 atom stereocenters. The fourth-order valence-electron chi connectivity index (χ4n) is 6.17. The van der Waals surface area contributed by atoms with E-state index < -0.39 is 11.9 Å². The van der Waals surface area contributed by atoms with Gasteiger partial charge in [-0.3, -0.25) is 4.90 Å². The molecule has 6 rings (SSSR count). The molecule has 0 radical (unpaired) electrons. The Kier molecular flexibility index (Phi) is 4.77. The van der Waals surface area contributed by atoms with Crippen LogP contribution in [0, 0.1) is 10.8 Å². The lowest BCUT2D eigenvalue weighted by molar-refractivity contribution is -0.140. The van der Waals surface area contributed by atoms with Gasteiger partial charge in [-0.2, -0.15) is 13.2 Å². The summed E-state index contributed by atoms with van der Waals surface area (Å²) >= 11 is 0. The number of H-pyrrole nitrogens is 1. The Hall–Kier alpha value is -2.65. The van der Waals surface area contributed by atoms with Gasteiger partial charge in [-0.25, -0.2) is 9.97 Å². The lowest BCUT2D eigenvalue weighted by Gasteiger charge is -2.40. The van der Waals surface area contributed by atoms with Gasteiger partial charge in [-0.1, -0.05) is 38.1 Å². The second-order valence-corrected chi connectivity index (χ2v) is 10.6. The van der Waals surface area contributed by atoms with Crippen molar-refractivity contribution in [2.75, 3.05) is 31.6 Å². The number of benzene rings is 1. The Bertz CT molecular complexity index is 1220. The molecule has 0 saturated carbocycles. The Morgan fingerprint density at radius 2 is 1.85 bits per heavy atom. The summed E-state index contributed by atoms with van der Waals surface area (Å²) in [5, 5.41) is 3.90. The van der Waals surface area contributed by atoms with Crippen molar-refractivity contribution in [2.24, 2.45) is 10.8 Å². The van der Waals surface area contributed by atoms with Crippen LogP contribution in [0.5, 0.6) is 0 Å². The van der Waals surface area contributed by atoms with Crippen molar-refractivity contribution in [2.45, 2.75) is 44.9 Å². The first kappa shape index (κ1) is 21.9. The summed E-state index contributed by atoms with van der Waals surface area (Å²) < 4.78 is 45.9. The zero-order valence-electron chi connectivity index (χ0n) is 19.2. The number of aryl methyl sites for hydroxylation is 1. The molecule has 0 bridgehead atoms. The van der Waals surface area contributed by atoms with E-state index in [0.29, 0.717) is 11.2 Å². The van der Waals surface area contributed by atoms with E-state index in [-0.39, 0.29) is 28.6 Å². The summed E-state index contributed by atoms with van der Waals surface area (Å²) in [4.78, 5) is 13.4. The van der Waals surface area contributed by atoms with E-state index in [2.05, 4.69) is 51.1 Å². The third-order valence-corrected chi connectivity index (χ3v) is 8.38. The highest BCUT2D eigenvalue weighted by Gasteiger charge is 2.57. The number of likely N-dealkylation sites (tertiary alicyclic amines) is 1. The van der Waals surface area contributed by atoms with Gasteiger partial charge in [0.1, 0.15) is 23.5 Å². The van der Waals surface area contributed by atoms with Gasteiger partial charge in [0.2, 0.25) is 0 Å². The molecular formula is C25H28F3N5O. The van der Waals surface area contributed by atoms with Crippen LogP contribution in [0.2, 0.25) is 0 Å². The summed E-state index contributed by atoms with van der Waals surface area (Å²) in [6.45, 7) is 8.03. The Morgan fingerprint density at radius 3 is 2.59 bits per heavy atom. The highest BCUT2D eigenvalue weighted by atomic mass is 19.4. The number of ether oxygens (including phenoxy) is 1. The van der Waals surface area contributed by atoms with Crippen LogP contribution in [-0.4, -0.2) is 52.2 Å². The van der Waals surface area contributed by atoms with E-state index in [0.717, 1.165) is 45.2 Å². The van der Waals surface area contributed by atoms with Crippen molar-refractivity contribution in [3.63, 3.8) is 0 Å². The fourth-order valence-corrected chi connectivity index (χ4v) is 6.17. The van der Waals surface area contributed by atoms with Crippen molar-refractivity contribution < 1.29 is 17.9 Å². The number of alkyl halides is 3. The Balaban J connectivity index is 1.39. The van der Waals surface area contributed by atoms with Crippen LogP contribution in [0.15, 0.2) is 36.7 Å². The molecule has 180 valence electrons. The number of nitrogens with one attached hydrogen (secondary N) is 2. The summed E-state index contributed by atoms with van der Waals surface area (Å²) in [7, 11) is 0. The maximum absolute atomic E-state index is 13.3. The second kappa shape index (κ2) is 7.42. The van der Waals surface area contributed by atoms with Gasteiger partial charge < -0.3 is 15.0 Å². The van der Waals surface area contributed by atoms with E-state index in [1.165, 1.54) is 17.5 Å². The average molecular weight is 472 g/mol. The van der Waals surface area contributed by atoms with Crippen LogP contribution >= 0.6 is 0 Å². The number of hydrogen-bond acceptors (Lipinski definition) is 5. The third kappa shape index (κ3) is 3.32. The molecule has 2 unspecified atom stereocenters. The minimum absolute atomic E-state index is 0.0962. The van der Waals surface area contributed by atoms with Crippen LogP contribution in [0.25, 0.3) is 11.0 Å². The zero-order valence-corrected chi connectivity index (χ0v) is 19.2. The first-order valence-electron chi connectivity index (χ1n) is 11.7. The molecule has 2 aliphatic heterocycles. The molecule has 6 nitrogen and oxygen atoms in total. The summed E-state index contributed by atoms with van der Waals surface area (Å²) in [5.74, 6) is 0.420. The molecule has 0 spiro atoms. The van der Waals surface area contributed by atoms with E-state index in [1.807, 2.05) is 12.1 Å². The van der Waals surface area contributed by atoms with E-state index in [1.54, 1.807) is 0 Å². The number of aromatic nitrogens is 3. The van der Waals surface area contributed by atoms with Gasteiger partial charge in [-0.05, 0) is 30.0 Å². The van der Waals surface area contributed by atoms with Crippen LogP contribution in [-0.2, 0) is 17.3 Å². The number of aromatic amines is 1. The molecule has 1 aromatic carbocycles. The van der Waals surface area contributed by atoms with Crippen LogP contribution < -0.4 is 5.32 Å². The number of nitrogens with zero attached hydrogens (tertiary/aromatic N) is 3. The largest absolute Gasteiger partial charge is 0.431 e. The summed E-state index contributed by atoms with van der Waals surface area (Å²) in [6, 6.07) is 9.53. The molecule has 1 aliphatic carbocycles. The molecule has 3 aromatic rings. The maximum atomic E-state index is 13.3. The van der Waals surface area contributed by atoms with E-state index in [9.17, 15) is 13.2 Å². The molecule has 34 heavy (non-hydrogen) atoms. The minimum Gasteiger partial charge on any atom is -0.380 e. The van der Waals surface area contributed by atoms with Gasteiger partial charge in [0.25, 0.3) is 0 Å². The average Bonchev–Trinajstić information content (AvgIpc) is 3.42. The van der Waals surface area contributed by atoms with Crippen molar-refractivity contribution in [3.05, 3.63) is 53.5 Å². The molecule has 3 aliphatic rings. The molecular weight excluding hydrogens is 443 g/mol. The predicted molar refractivity (Wildman–Crippen MR) is 122 cm³/mol. The van der Waals surface area contributed by atoms with Gasteiger partial charge in [-0.15, -0.1) is 0 Å². The molecule has 2 aromatic heterocycles. The first-order chi connectivity index (χ1) is 16.2. The molecule has 4 heterocycles. The number of fused-ring (bicyclic) bond motifs is 3. The molecule has 2 fully saturated rings. The van der Waals surface area contributed by atoms with Crippen molar-refractivity contribution in [1.29, 1.82) is 0 Å². The lowest BCUT2D eigenvalue weighted by atomic mass is 9.71. The number of rotatable bonds is 3. The van der Waals surface area contributed by atoms with Gasteiger partial charge in [0.15, 0.2) is 0 Å². The topological polar surface area (TPSA) is 66.1 Å². The maximum Gasteiger partial charge on any atom is 0.431 e. The molecule has 2 saturated heterocycles. The van der Waals surface area contributed by atoms with E-state index >= 15 is 0 Å². The fraction of sp³-hybridized carbons (Fsp3) is 0.520. The summed E-state index contributed by atoms with van der Waals surface area (Å²) in [6.07, 6.45) is -1.22. The van der Waals surface area contributed by atoms with E-state index in [4.69, 9.17) is 4.74 Å². The minimum atomic E-state index is -4.47. The summed E-state index contributed by atoms with van der Waals surface area (Å²) in [5.41, 5.74) is 2.00. The van der Waals surface area contributed by atoms with Crippen molar-refractivity contribution in [3.8, 4) is 0 Å². The van der Waals surface area contributed by atoms with Gasteiger partial charge >= 0.3 is 6.18 Å². The number of hydrogen-bond donors (Lipinski definition) is 2. The smallest absolute Gasteiger partial charge is 0.380 e. The SMILES string of the molecule is C[C@@]12COC[C@]1(C)CN(C1CCc3ccccc3C1Nc1ncnc3[nH]c(C(F)(F)F)cc13)C2. The standard InChI is InChI=1S/C25H28F3N5O/c1-23-10-33(11-24(23,2)13-34-12-23)18-8-7-15-5-3-4-6-16(15)20(18)32-22-17-9-19(25(26,27)28)31-21(17)29-14-30-22/h3-6,9,14,18,20H,7-8,10-13H2,1-2H3,(H2,29,30,31,32)/t18?,20?,23-,24+. The molecule has 9 heteroatoms. The Morgan fingerprint density at radius 1 is 1.12 bits per heavy atom. The Labute approximate surface area is 195 Å². The lowest BCUT2D eigenvalue weighted by Crippen LogP contribution is -2.45. The van der Waals surface area contributed by atoms with Crippen molar-refractivity contribution >= 4 is 16.9 Å².